The first-order chi connectivity index (χ1) is 7.70. The first-order valence-electron chi connectivity index (χ1n) is 4.83. The Kier molecular flexibility index (Phi) is 2.60. The predicted octanol–water partition coefficient (Wildman–Crippen LogP) is 0.241. The number of H-pyrrole nitrogens is 1. The molecule has 0 saturated heterocycles. The normalized spacial score (nSPS) is 12.2. The molecule has 0 aliphatic carbocycles. The van der Waals surface area contributed by atoms with Gasteiger partial charge in [0, 0.05) is 18.5 Å². The highest BCUT2D eigenvalue weighted by Crippen LogP contribution is 2.07. The van der Waals surface area contributed by atoms with Gasteiger partial charge in [-0.25, -0.2) is 19.3 Å². The molecule has 0 aliphatic heterocycles. The number of hydrogen-bond acceptors (Lipinski definition) is 4. The number of nitrogens with zero attached hydrogens (tertiary/aromatic N) is 3. The molecule has 6 nitrogen and oxygen atoms in total. The zero-order chi connectivity index (χ0) is 11.5. The van der Waals surface area contributed by atoms with Gasteiger partial charge in [-0.3, -0.25) is 0 Å². The Labute approximate surface area is 91.7 Å². The van der Waals surface area contributed by atoms with Crippen LogP contribution >= 0.6 is 0 Å². The average molecular weight is 217 g/mol. The Morgan fingerprint density at radius 1 is 1.75 bits per heavy atom. The summed E-state index contributed by atoms with van der Waals surface area (Å²) in [4.78, 5) is 15.3. The standard InChI is InChI=1S/C10H11N5O/c1-3-4-7(2)12-8-5-9-13-14-10(16)15(9)6-11-8/h1,5-7,12H,4H2,2H3,(H,14,16). The largest absolute Gasteiger partial charge is 0.366 e. The van der Waals surface area contributed by atoms with E-state index in [0.29, 0.717) is 17.9 Å². The lowest BCUT2D eigenvalue weighted by atomic mass is 10.2. The van der Waals surface area contributed by atoms with E-state index < -0.39 is 0 Å². The minimum Gasteiger partial charge on any atom is -0.366 e. The van der Waals surface area contributed by atoms with E-state index in [2.05, 4.69) is 26.4 Å². The van der Waals surface area contributed by atoms with E-state index in [1.54, 1.807) is 6.07 Å². The zero-order valence-electron chi connectivity index (χ0n) is 8.77. The SMILES string of the molecule is C#CCC(C)Nc1cc2n[nH]c(=O)n2cn1. The van der Waals surface area contributed by atoms with E-state index >= 15 is 0 Å². The van der Waals surface area contributed by atoms with Gasteiger partial charge in [-0.05, 0) is 6.92 Å². The van der Waals surface area contributed by atoms with E-state index in [1.165, 1.54) is 10.7 Å². The third kappa shape index (κ3) is 1.88. The van der Waals surface area contributed by atoms with Crippen molar-refractivity contribution in [2.24, 2.45) is 0 Å². The van der Waals surface area contributed by atoms with Crippen LogP contribution in [0.4, 0.5) is 5.82 Å². The van der Waals surface area contributed by atoms with Gasteiger partial charge in [-0.1, -0.05) is 0 Å². The second kappa shape index (κ2) is 4.06. The summed E-state index contributed by atoms with van der Waals surface area (Å²) in [7, 11) is 0. The zero-order valence-corrected chi connectivity index (χ0v) is 8.77. The molecule has 2 N–H and O–H groups in total. The second-order valence-electron chi connectivity index (χ2n) is 3.48. The van der Waals surface area contributed by atoms with Gasteiger partial charge in [0.2, 0.25) is 0 Å². The fourth-order valence-electron chi connectivity index (χ4n) is 1.37. The highest BCUT2D eigenvalue weighted by atomic mass is 16.1. The lowest BCUT2D eigenvalue weighted by Crippen LogP contribution is -2.16. The Morgan fingerprint density at radius 3 is 3.31 bits per heavy atom. The Balaban J connectivity index is 2.27. The smallest absolute Gasteiger partial charge is 0.348 e. The quantitative estimate of drug-likeness (QED) is 0.722. The minimum atomic E-state index is -0.300. The summed E-state index contributed by atoms with van der Waals surface area (Å²) in [5.41, 5.74) is 0.223. The van der Waals surface area contributed by atoms with E-state index in [1.807, 2.05) is 6.92 Å². The number of aromatic nitrogens is 4. The molecule has 2 heterocycles. The maximum absolute atomic E-state index is 11.2. The van der Waals surface area contributed by atoms with Crippen molar-refractivity contribution in [3.8, 4) is 12.3 Å². The fourth-order valence-corrected chi connectivity index (χ4v) is 1.37. The van der Waals surface area contributed by atoms with Crippen molar-refractivity contribution < 1.29 is 0 Å². The molecule has 16 heavy (non-hydrogen) atoms. The molecule has 2 rings (SSSR count). The first-order valence-corrected chi connectivity index (χ1v) is 4.83. The van der Waals surface area contributed by atoms with Gasteiger partial charge in [-0.15, -0.1) is 12.3 Å². The molecule has 0 radical (unpaired) electrons. The van der Waals surface area contributed by atoms with Gasteiger partial charge < -0.3 is 5.32 Å². The molecule has 1 atom stereocenters. The molecule has 1 unspecified atom stereocenters. The van der Waals surface area contributed by atoms with Gasteiger partial charge >= 0.3 is 5.69 Å². The summed E-state index contributed by atoms with van der Waals surface area (Å²) in [5, 5.41) is 9.30. The van der Waals surface area contributed by atoms with Crippen LogP contribution in [0.15, 0.2) is 17.2 Å². The lowest BCUT2D eigenvalue weighted by molar-refractivity contribution is 0.819. The van der Waals surface area contributed by atoms with Crippen molar-refractivity contribution in [3.05, 3.63) is 22.9 Å². The van der Waals surface area contributed by atoms with Crippen molar-refractivity contribution in [2.75, 3.05) is 5.32 Å². The van der Waals surface area contributed by atoms with Crippen LogP contribution in [0, 0.1) is 12.3 Å². The summed E-state index contributed by atoms with van der Waals surface area (Å²) in [5.74, 6) is 3.21. The van der Waals surface area contributed by atoms with Gasteiger partial charge in [-0.2, -0.15) is 5.10 Å². The molecule has 0 saturated carbocycles. The summed E-state index contributed by atoms with van der Waals surface area (Å²) in [6.45, 7) is 1.96. The van der Waals surface area contributed by atoms with Crippen molar-refractivity contribution in [3.63, 3.8) is 0 Å². The van der Waals surface area contributed by atoms with Crippen molar-refractivity contribution in [1.29, 1.82) is 0 Å². The van der Waals surface area contributed by atoms with Crippen LogP contribution in [0.25, 0.3) is 5.65 Å². The molecule has 0 aliphatic rings. The molecule has 2 aromatic rings. The first kappa shape index (κ1) is 10.2. The number of rotatable bonds is 3. The van der Waals surface area contributed by atoms with E-state index in [-0.39, 0.29) is 11.7 Å². The summed E-state index contributed by atoms with van der Waals surface area (Å²) >= 11 is 0. The highest BCUT2D eigenvalue weighted by Gasteiger charge is 2.04. The Morgan fingerprint density at radius 2 is 2.56 bits per heavy atom. The summed E-state index contributed by atoms with van der Waals surface area (Å²) in [6, 6.07) is 1.82. The molecular formula is C10H11N5O. The number of fused-ring (bicyclic) bond motifs is 1. The lowest BCUT2D eigenvalue weighted by Gasteiger charge is -2.10. The number of hydrogen-bond donors (Lipinski definition) is 2. The van der Waals surface area contributed by atoms with Gasteiger partial charge in [0.05, 0.1) is 0 Å². The minimum absolute atomic E-state index is 0.130. The van der Waals surface area contributed by atoms with Crippen LogP contribution in [0.1, 0.15) is 13.3 Å². The van der Waals surface area contributed by atoms with Gasteiger partial charge in [0.1, 0.15) is 12.1 Å². The molecule has 0 aromatic carbocycles. The third-order valence-corrected chi connectivity index (χ3v) is 2.13. The Bertz CT molecular complexity index is 591. The molecule has 0 amide bonds. The van der Waals surface area contributed by atoms with Crippen LogP contribution in [0.3, 0.4) is 0 Å². The van der Waals surface area contributed by atoms with Gasteiger partial charge in [0.25, 0.3) is 0 Å². The van der Waals surface area contributed by atoms with E-state index in [0.717, 1.165) is 0 Å². The fraction of sp³-hybridized carbons (Fsp3) is 0.300. The summed E-state index contributed by atoms with van der Waals surface area (Å²) < 4.78 is 1.33. The van der Waals surface area contributed by atoms with Crippen molar-refractivity contribution in [2.45, 2.75) is 19.4 Å². The molecule has 0 bridgehead atoms. The second-order valence-corrected chi connectivity index (χ2v) is 3.48. The van der Waals surface area contributed by atoms with Crippen LogP contribution in [-0.2, 0) is 0 Å². The maximum atomic E-state index is 11.2. The van der Waals surface area contributed by atoms with Crippen molar-refractivity contribution >= 4 is 11.5 Å². The van der Waals surface area contributed by atoms with Crippen LogP contribution < -0.4 is 11.0 Å². The third-order valence-electron chi connectivity index (χ3n) is 2.13. The average Bonchev–Trinajstić information content (AvgIpc) is 2.60. The van der Waals surface area contributed by atoms with Crippen LogP contribution in [0.5, 0.6) is 0 Å². The number of anilines is 1. The molecule has 2 aromatic heterocycles. The molecule has 0 fully saturated rings. The number of nitrogens with one attached hydrogen (secondary N) is 2. The number of aromatic amines is 1. The molecular weight excluding hydrogens is 206 g/mol. The monoisotopic (exact) mass is 217 g/mol. The predicted molar refractivity (Wildman–Crippen MR) is 60.1 cm³/mol. The van der Waals surface area contributed by atoms with Gasteiger partial charge in [0.15, 0.2) is 5.65 Å². The van der Waals surface area contributed by atoms with Crippen molar-refractivity contribution in [1.82, 2.24) is 19.6 Å². The summed E-state index contributed by atoms with van der Waals surface area (Å²) in [6.07, 6.45) is 7.24. The maximum Gasteiger partial charge on any atom is 0.348 e. The molecule has 6 heteroatoms. The molecule has 0 spiro atoms. The Hall–Kier alpha value is -2.29. The topological polar surface area (TPSA) is 75.1 Å². The number of terminal acetylenes is 1. The van der Waals surface area contributed by atoms with Crippen LogP contribution in [0.2, 0.25) is 0 Å². The molecule has 82 valence electrons. The van der Waals surface area contributed by atoms with E-state index in [9.17, 15) is 4.79 Å². The highest BCUT2D eigenvalue weighted by molar-refractivity contribution is 5.48. The van der Waals surface area contributed by atoms with E-state index in [4.69, 9.17) is 6.42 Å². The van der Waals surface area contributed by atoms with Crippen LogP contribution in [-0.4, -0.2) is 25.6 Å².